The zero-order valence-corrected chi connectivity index (χ0v) is 10.2. The van der Waals surface area contributed by atoms with Gasteiger partial charge in [0.05, 0.1) is 12.1 Å². The molecule has 0 atom stereocenters. The average Bonchev–Trinajstić information content (AvgIpc) is 2.42. The van der Waals surface area contributed by atoms with E-state index in [1.165, 1.54) is 24.3 Å². The Morgan fingerprint density at radius 2 is 1.68 bits per heavy atom. The van der Waals surface area contributed by atoms with Crippen LogP contribution in [0.25, 0.3) is 0 Å². The first-order chi connectivity index (χ1) is 9.15. The fourth-order valence-electron chi connectivity index (χ4n) is 1.61. The molecule has 0 fully saturated rings. The van der Waals surface area contributed by atoms with Gasteiger partial charge in [-0.15, -0.1) is 0 Å². The number of hydrogen-bond donors (Lipinski definition) is 1. The van der Waals surface area contributed by atoms with Gasteiger partial charge in [-0.25, -0.2) is 9.38 Å². The monoisotopic (exact) mass is 256 g/mol. The van der Waals surface area contributed by atoms with Gasteiger partial charge in [0.1, 0.15) is 11.7 Å². The molecule has 0 amide bonds. The van der Waals surface area contributed by atoms with Crippen LogP contribution in [0.3, 0.4) is 0 Å². The standard InChI is InChI=1S/C15H13FN2O/c16-12-6-8-13(9-7-12)18-15(17)10-14(19)11-4-2-1-3-5-11/h1-9H,10H2,(H2,17,18). The van der Waals surface area contributed by atoms with Gasteiger partial charge in [-0.05, 0) is 24.3 Å². The Kier molecular flexibility index (Phi) is 4.03. The molecule has 3 nitrogen and oxygen atoms in total. The van der Waals surface area contributed by atoms with E-state index in [1.807, 2.05) is 6.07 Å². The molecule has 0 aliphatic rings. The SMILES string of the molecule is NC(CC(=O)c1ccccc1)=Nc1ccc(F)cc1. The van der Waals surface area contributed by atoms with Crippen molar-refractivity contribution in [3.8, 4) is 0 Å². The number of carbonyl (C=O) groups excluding carboxylic acids is 1. The highest BCUT2D eigenvalue weighted by Crippen LogP contribution is 2.13. The summed E-state index contributed by atoms with van der Waals surface area (Å²) in [5.41, 5.74) is 6.84. The second-order valence-corrected chi connectivity index (χ2v) is 4.05. The van der Waals surface area contributed by atoms with Crippen LogP contribution < -0.4 is 5.73 Å². The summed E-state index contributed by atoms with van der Waals surface area (Å²) in [7, 11) is 0. The molecular formula is C15H13FN2O. The number of rotatable bonds is 4. The Morgan fingerprint density at radius 3 is 2.32 bits per heavy atom. The Balaban J connectivity index is 2.07. The van der Waals surface area contributed by atoms with Crippen molar-refractivity contribution in [2.45, 2.75) is 6.42 Å². The van der Waals surface area contributed by atoms with Crippen LogP contribution in [0.2, 0.25) is 0 Å². The largest absolute Gasteiger partial charge is 0.387 e. The third-order valence-corrected chi connectivity index (χ3v) is 2.54. The van der Waals surface area contributed by atoms with Crippen molar-refractivity contribution in [1.82, 2.24) is 0 Å². The first-order valence-corrected chi connectivity index (χ1v) is 5.82. The molecule has 0 aromatic heterocycles. The Bertz CT molecular complexity index is 591. The summed E-state index contributed by atoms with van der Waals surface area (Å²) in [6, 6.07) is 14.5. The van der Waals surface area contributed by atoms with Crippen molar-refractivity contribution in [1.29, 1.82) is 0 Å². The maximum absolute atomic E-state index is 12.7. The summed E-state index contributed by atoms with van der Waals surface area (Å²) >= 11 is 0. The number of nitrogens with two attached hydrogens (primary N) is 1. The minimum atomic E-state index is -0.335. The molecule has 0 unspecified atom stereocenters. The van der Waals surface area contributed by atoms with Gasteiger partial charge < -0.3 is 5.73 Å². The van der Waals surface area contributed by atoms with E-state index in [4.69, 9.17) is 5.73 Å². The summed E-state index contributed by atoms with van der Waals surface area (Å²) in [6.07, 6.45) is 0.0430. The smallest absolute Gasteiger partial charge is 0.170 e. The number of carbonyl (C=O) groups is 1. The van der Waals surface area contributed by atoms with E-state index in [2.05, 4.69) is 4.99 Å². The van der Waals surface area contributed by atoms with Crippen LogP contribution in [0.5, 0.6) is 0 Å². The first-order valence-electron chi connectivity index (χ1n) is 5.82. The number of benzene rings is 2. The van der Waals surface area contributed by atoms with Gasteiger partial charge in [0, 0.05) is 5.56 Å². The van der Waals surface area contributed by atoms with Crippen LogP contribution in [0.15, 0.2) is 59.6 Å². The molecule has 0 spiro atoms. The Hall–Kier alpha value is -2.49. The van der Waals surface area contributed by atoms with Gasteiger partial charge in [-0.2, -0.15) is 0 Å². The van der Waals surface area contributed by atoms with E-state index in [0.717, 1.165) is 0 Å². The summed E-state index contributed by atoms with van der Waals surface area (Å²) in [5, 5.41) is 0. The van der Waals surface area contributed by atoms with Gasteiger partial charge in [0.2, 0.25) is 0 Å². The third-order valence-electron chi connectivity index (χ3n) is 2.54. The van der Waals surface area contributed by atoms with Crippen molar-refractivity contribution in [3.05, 3.63) is 66.0 Å². The lowest BCUT2D eigenvalue weighted by molar-refractivity contribution is 0.100. The number of halogens is 1. The molecule has 96 valence electrons. The van der Waals surface area contributed by atoms with Crippen molar-refractivity contribution >= 4 is 17.3 Å². The van der Waals surface area contributed by atoms with E-state index in [-0.39, 0.29) is 23.9 Å². The highest BCUT2D eigenvalue weighted by molar-refractivity contribution is 6.09. The number of Topliss-reactive ketones (excluding diaryl/α,β-unsaturated/α-hetero) is 1. The Labute approximate surface area is 110 Å². The Morgan fingerprint density at radius 1 is 1.05 bits per heavy atom. The lowest BCUT2D eigenvalue weighted by Crippen LogP contribution is -2.16. The second-order valence-electron chi connectivity index (χ2n) is 4.05. The number of nitrogens with zero attached hydrogens (tertiary/aromatic N) is 1. The molecule has 4 heteroatoms. The molecule has 2 aromatic carbocycles. The normalized spacial score (nSPS) is 11.3. The second kappa shape index (κ2) is 5.91. The quantitative estimate of drug-likeness (QED) is 0.519. The van der Waals surface area contributed by atoms with Gasteiger partial charge in [0.15, 0.2) is 5.78 Å². The highest BCUT2D eigenvalue weighted by atomic mass is 19.1. The van der Waals surface area contributed by atoms with Gasteiger partial charge in [0.25, 0.3) is 0 Å². The van der Waals surface area contributed by atoms with Crippen molar-refractivity contribution < 1.29 is 9.18 Å². The van der Waals surface area contributed by atoms with Crippen molar-refractivity contribution in [3.63, 3.8) is 0 Å². The molecule has 0 heterocycles. The summed E-state index contributed by atoms with van der Waals surface area (Å²) in [5.74, 6) is -0.220. The number of hydrogen-bond acceptors (Lipinski definition) is 2. The lowest BCUT2D eigenvalue weighted by Gasteiger charge is -2.01. The minimum Gasteiger partial charge on any atom is -0.387 e. The molecule has 2 N–H and O–H groups in total. The number of aliphatic imine (C=N–C) groups is 1. The maximum Gasteiger partial charge on any atom is 0.170 e. The number of ketones is 1. The molecule has 2 rings (SSSR count). The third kappa shape index (κ3) is 3.74. The van der Waals surface area contributed by atoms with Gasteiger partial charge in [-0.3, -0.25) is 4.79 Å². The van der Waals surface area contributed by atoms with E-state index in [1.54, 1.807) is 24.3 Å². The molecular weight excluding hydrogens is 243 g/mol. The lowest BCUT2D eigenvalue weighted by atomic mass is 10.1. The summed E-state index contributed by atoms with van der Waals surface area (Å²) in [6.45, 7) is 0. The van der Waals surface area contributed by atoms with Crippen LogP contribution in [0.4, 0.5) is 10.1 Å². The van der Waals surface area contributed by atoms with Crippen molar-refractivity contribution in [2.75, 3.05) is 0 Å². The average molecular weight is 256 g/mol. The zero-order chi connectivity index (χ0) is 13.7. The fourth-order valence-corrected chi connectivity index (χ4v) is 1.61. The van der Waals surface area contributed by atoms with Crippen LogP contribution >= 0.6 is 0 Å². The molecule has 2 aromatic rings. The van der Waals surface area contributed by atoms with Crippen molar-refractivity contribution in [2.24, 2.45) is 10.7 Å². The predicted octanol–water partition coefficient (Wildman–Crippen LogP) is 3.09. The molecule has 0 radical (unpaired) electrons. The predicted molar refractivity (Wildman–Crippen MR) is 73.1 cm³/mol. The van der Waals surface area contributed by atoms with Crippen LogP contribution in [0.1, 0.15) is 16.8 Å². The van der Waals surface area contributed by atoms with Gasteiger partial charge >= 0.3 is 0 Å². The van der Waals surface area contributed by atoms with E-state index >= 15 is 0 Å². The minimum absolute atomic E-state index is 0.0430. The molecule has 19 heavy (non-hydrogen) atoms. The van der Waals surface area contributed by atoms with Gasteiger partial charge in [-0.1, -0.05) is 30.3 Å². The fraction of sp³-hybridized carbons (Fsp3) is 0.0667. The highest BCUT2D eigenvalue weighted by Gasteiger charge is 2.07. The van der Waals surface area contributed by atoms with E-state index in [0.29, 0.717) is 11.3 Å². The van der Waals surface area contributed by atoms with Crippen LogP contribution in [0, 0.1) is 5.82 Å². The zero-order valence-electron chi connectivity index (χ0n) is 10.2. The molecule has 0 bridgehead atoms. The molecule has 0 aliphatic carbocycles. The summed E-state index contributed by atoms with van der Waals surface area (Å²) < 4.78 is 12.7. The van der Waals surface area contributed by atoms with Crippen LogP contribution in [-0.2, 0) is 0 Å². The maximum atomic E-state index is 12.7. The van der Waals surface area contributed by atoms with E-state index in [9.17, 15) is 9.18 Å². The topological polar surface area (TPSA) is 55.5 Å². The van der Waals surface area contributed by atoms with E-state index < -0.39 is 0 Å². The molecule has 0 aliphatic heterocycles. The molecule has 0 saturated carbocycles. The molecule has 0 saturated heterocycles. The number of amidine groups is 1. The van der Waals surface area contributed by atoms with Crippen LogP contribution in [-0.4, -0.2) is 11.6 Å². The summed E-state index contributed by atoms with van der Waals surface area (Å²) in [4.78, 5) is 16.0. The first kappa shape index (κ1) is 13.0.